The smallest absolute Gasteiger partial charge is 0.311 e. The molecule has 0 saturated heterocycles. The Morgan fingerprint density at radius 2 is 2.08 bits per heavy atom. The van der Waals surface area contributed by atoms with Crippen molar-refractivity contribution < 1.29 is 9.66 Å². The molecule has 124 valence electrons. The van der Waals surface area contributed by atoms with E-state index in [-0.39, 0.29) is 23.3 Å². The zero-order chi connectivity index (χ0) is 17.4. The van der Waals surface area contributed by atoms with Crippen molar-refractivity contribution in [2.75, 3.05) is 12.8 Å². The van der Waals surface area contributed by atoms with Gasteiger partial charge in [-0.1, -0.05) is 0 Å². The fraction of sp³-hybridized carbons (Fsp3) is 0.267. The summed E-state index contributed by atoms with van der Waals surface area (Å²) in [6, 6.07) is 4.69. The van der Waals surface area contributed by atoms with Crippen molar-refractivity contribution in [3.05, 3.63) is 34.6 Å². The molecule has 0 bridgehead atoms. The number of aromatic nitrogens is 4. The van der Waals surface area contributed by atoms with Crippen LogP contribution >= 0.6 is 0 Å². The number of nitrogen functional groups attached to an aromatic ring is 1. The third-order valence-corrected chi connectivity index (χ3v) is 3.66. The van der Waals surface area contributed by atoms with Crippen LogP contribution in [0.25, 0.3) is 22.3 Å². The molecule has 2 N–H and O–H groups in total. The highest BCUT2D eigenvalue weighted by molar-refractivity contribution is 5.98. The summed E-state index contributed by atoms with van der Waals surface area (Å²) in [6.45, 7) is 3.93. The molecule has 2 heterocycles. The average molecular weight is 328 g/mol. The highest BCUT2D eigenvalue weighted by Gasteiger charge is 2.22. The number of nitro groups is 1. The molecule has 0 fully saturated rings. The monoisotopic (exact) mass is 328 g/mol. The molecule has 0 unspecified atom stereocenters. The molecule has 1 aromatic carbocycles. The Bertz CT molecular complexity index is 934. The first-order chi connectivity index (χ1) is 11.4. The van der Waals surface area contributed by atoms with Gasteiger partial charge in [0.2, 0.25) is 0 Å². The van der Waals surface area contributed by atoms with Crippen molar-refractivity contribution >= 4 is 22.5 Å². The molecule has 9 heteroatoms. The average Bonchev–Trinajstić information content (AvgIpc) is 2.95. The van der Waals surface area contributed by atoms with Crippen LogP contribution in [0.4, 0.5) is 11.5 Å². The fourth-order valence-corrected chi connectivity index (χ4v) is 2.54. The lowest BCUT2D eigenvalue weighted by Crippen LogP contribution is -2.04. The topological polar surface area (TPSA) is 122 Å². The Balaban J connectivity index is 2.31. The van der Waals surface area contributed by atoms with Gasteiger partial charge in [0.15, 0.2) is 11.4 Å². The van der Waals surface area contributed by atoms with Gasteiger partial charge in [0.1, 0.15) is 17.8 Å². The molecule has 3 rings (SSSR count). The summed E-state index contributed by atoms with van der Waals surface area (Å²) < 4.78 is 6.76. The molecule has 0 aliphatic rings. The number of hydrogen-bond donors (Lipinski definition) is 1. The number of nitrogens with zero attached hydrogens (tertiary/aromatic N) is 5. The number of benzene rings is 1. The maximum atomic E-state index is 11.3. The molecule has 2 aromatic heterocycles. The number of fused-ring (bicyclic) bond motifs is 1. The summed E-state index contributed by atoms with van der Waals surface area (Å²) in [4.78, 5) is 19.0. The lowest BCUT2D eigenvalue weighted by Gasteiger charge is -2.05. The van der Waals surface area contributed by atoms with Crippen LogP contribution in [-0.4, -0.2) is 31.8 Å². The Morgan fingerprint density at radius 1 is 1.33 bits per heavy atom. The number of methoxy groups -OCH3 is 1. The van der Waals surface area contributed by atoms with Crippen LogP contribution in [0.5, 0.6) is 5.75 Å². The van der Waals surface area contributed by atoms with Gasteiger partial charge < -0.3 is 10.5 Å². The maximum absolute atomic E-state index is 11.3. The zero-order valence-electron chi connectivity index (χ0n) is 13.4. The zero-order valence-corrected chi connectivity index (χ0v) is 13.4. The molecule has 24 heavy (non-hydrogen) atoms. The number of rotatable bonds is 4. The van der Waals surface area contributed by atoms with Crippen molar-refractivity contribution in [2.24, 2.45) is 0 Å². The van der Waals surface area contributed by atoms with E-state index in [1.54, 1.807) is 10.7 Å². The van der Waals surface area contributed by atoms with E-state index < -0.39 is 4.92 Å². The van der Waals surface area contributed by atoms with E-state index >= 15 is 0 Å². The Labute approximate surface area is 137 Å². The van der Waals surface area contributed by atoms with Gasteiger partial charge in [-0.05, 0) is 26.0 Å². The molecule has 0 radical (unpaired) electrons. The van der Waals surface area contributed by atoms with E-state index in [1.165, 1.54) is 25.6 Å². The van der Waals surface area contributed by atoms with Crippen molar-refractivity contribution in [3.63, 3.8) is 0 Å². The van der Waals surface area contributed by atoms with Crippen LogP contribution in [0.3, 0.4) is 0 Å². The molecule has 3 aromatic rings. The van der Waals surface area contributed by atoms with Gasteiger partial charge >= 0.3 is 5.69 Å². The highest BCUT2D eigenvalue weighted by Crippen LogP contribution is 2.36. The first-order valence-corrected chi connectivity index (χ1v) is 7.25. The largest absolute Gasteiger partial charge is 0.490 e. The minimum atomic E-state index is -0.496. The van der Waals surface area contributed by atoms with Crippen LogP contribution < -0.4 is 10.5 Å². The van der Waals surface area contributed by atoms with Crippen LogP contribution in [0.2, 0.25) is 0 Å². The van der Waals surface area contributed by atoms with Crippen molar-refractivity contribution in [1.29, 1.82) is 0 Å². The third kappa shape index (κ3) is 2.39. The van der Waals surface area contributed by atoms with Gasteiger partial charge in [0.25, 0.3) is 0 Å². The van der Waals surface area contributed by atoms with E-state index in [0.29, 0.717) is 22.3 Å². The standard InChI is InChI=1S/C15H16N6O3/c1-8(2)20-15-12(14(16)17-7-18-15)13(19-20)9-4-5-11(24-3)10(6-9)21(22)23/h4-8H,1-3H3,(H2,16,17,18). The van der Waals surface area contributed by atoms with Gasteiger partial charge in [0, 0.05) is 17.7 Å². The molecular weight excluding hydrogens is 312 g/mol. The third-order valence-electron chi connectivity index (χ3n) is 3.66. The van der Waals surface area contributed by atoms with Gasteiger partial charge in [-0.2, -0.15) is 5.10 Å². The number of anilines is 1. The summed E-state index contributed by atoms with van der Waals surface area (Å²) in [6.07, 6.45) is 1.37. The first-order valence-electron chi connectivity index (χ1n) is 7.25. The Kier molecular flexibility index (Phi) is 3.76. The lowest BCUT2D eigenvalue weighted by molar-refractivity contribution is -0.385. The lowest BCUT2D eigenvalue weighted by atomic mass is 10.1. The van der Waals surface area contributed by atoms with Crippen LogP contribution in [0.1, 0.15) is 19.9 Å². The quantitative estimate of drug-likeness (QED) is 0.576. The highest BCUT2D eigenvalue weighted by atomic mass is 16.6. The second kappa shape index (κ2) is 5.76. The van der Waals surface area contributed by atoms with Gasteiger partial charge in [-0.25, -0.2) is 14.6 Å². The van der Waals surface area contributed by atoms with Gasteiger partial charge in [0.05, 0.1) is 17.4 Å². The molecule has 0 amide bonds. The minimum absolute atomic E-state index is 0.0452. The molecule has 0 saturated carbocycles. The summed E-state index contributed by atoms with van der Waals surface area (Å²) in [5.74, 6) is 0.459. The molecule has 0 atom stereocenters. The summed E-state index contributed by atoms with van der Waals surface area (Å²) in [5.41, 5.74) is 7.50. The van der Waals surface area contributed by atoms with Crippen molar-refractivity contribution in [2.45, 2.75) is 19.9 Å². The Morgan fingerprint density at radius 3 is 2.71 bits per heavy atom. The van der Waals surface area contributed by atoms with Crippen molar-refractivity contribution in [1.82, 2.24) is 19.7 Å². The fourth-order valence-electron chi connectivity index (χ4n) is 2.54. The van der Waals surface area contributed by atoms with Gasteiger partial charge in [-0.15, -0.1) is 0 Å². The number of nitro benzene ring substituents is 1. The van der Waals surface area contributed by atoms with E-state index in [9.17, 15) is 10.1 Å². The second-order valence-electron chi connectivity index (χ2n) is 5.49. The number of nitrogens with two attached hydrogens (primary N) is 1. The normalized spacial score (nSPS) is 11.2. The minimum Gasteiger partial charge on any atom is -0.490 e. The molecule has 0 aliphatic heterocycles. The number of hydrogen-bond acceptors (Lipinski definition) is 7. The van der Waals surface area contributed by atoms with Crippen LogP contribution in [-0.2, 0) is 0 Å². The predicted molar refractivity (Wildman–Crippen MR) is 88.8 cm³/mol. The second-order valence-corrected chi connectivity index (χ2v) is 5.49. The summed E-state index contributed by atoms with van der Waals surface area (Å²) in [5, 5.41) is 16.4. The van der Waals surface area contributed by atoms with E-state index in [1.807, 2.05) is 13.8 Å². The SMILES string of the molecule is COc1ccc(-c2nn(C(C)C)c3ncnc(N)c23)cc1[N+](=O)[O-]. The summed E-state index contributed by atoms with van der Waals surface area (Å²) in [7, 11) is 1.39. The molecule has 9 nitrogen and oxygen atoms in total. The van der Waals surface area contributed by atoms with Crippen LogP contribution in [0.15, 0.2) is 24.5 Å². The van der Waals surface area contributed by atoms with Crippen molar-refractivity contribution in [3.8, 4) is 17.0 Å². The predicted octanol–water partition coefficient (Wildman–Crippen LogP) is 2.57. The molecule has 0 aliphatic carbocycles. The Hall–Kier alpha value is -3.23. The van der Waals surface area contributed by atoms with E-state index in [2.05, 4.69) is 15.1 Å². The number of ether oxygens (including phenoxy) is 1. The van der Waals surface area contributed by atoms with E-state index in [0.717, 1.165) is 0 Å². The first kappa shape index (κ1) is 15.7. The summed E-state index contributed by atoms with van der Waals surface area (Å²) >= 11 is 0. The maximum Gasteiger partial charge on any atom is 0.311 e. The van der Waals surface area contributed by atoms with Gasteiger partial charge in [-0.3, -0.25) is 10.1 Å². The molecular formula is C15H16N6O3. The molecule has 0 spiro atoms. The van der Waals surface area contributed by atoms with Crippen LogP contribution in [0, 0.1) is 10.1 Å². The van der Waals surface area contributed by atoms with E-state index in [4.69, 9.17) is 10.5 Å².